The van der Waals surface area contributed by atoms with E-state index in [-0.39, 0.29) is 0 Å². The fourth-order valence-corrected chi connectivity index (χ4v) is 3.66. The highest BCUT2D eigenvalue weighted by Gasteiger charge is 2.21. The number of allylic oxidation sites excluding steroid dienone is 7. The Kier molecular flexibility index (Phi) is 12.4. The highest BCUT2D eigenvalue weighted by molar-refractivity contribution is 5.30. The number of methoxy groups -OCH3 is 1. The van der Waals surface area contributed by atoms with E-state index in [1.807, 2.05) is 13.1 Å². The minimum atomic E-state index is 0.634. The maximum absolute atomic E-state index is 8.00. The van der Waals surface area contributed by atoms with Crippen molar-refractivity contribution in [1.82, 2.24) is 0 Å². The Labute approximate surface area is 171 Å². The van der Waals surface area contributed by atoms with E-state index < -0.39 is 0 Å². The van der Waals surface area contributed by atoms with Gasteiger partial charge in [0, 0.05) is 0 Å². The van der Waals surface area contributed by atoms with E-state index in [0.717, 1.165) is 12.8 Å². The van der Waals surface area contributed by atoms with E-state index in [1.165, 1.54) is 54.4 Å². The Morgan fingerprint density at radius 1 is 1.18 bits per heavy atom. The van der Waals surface area contributed by atoms with Gasteiger partial charge in [0.25, 0.3) is 0 Å². The van der Waals surface area contributed by atoms with Crippen LogP contribution in [0.5, 0.6) is 0 Å². The number of carbonyl (C=O) groups excluding carboxylic acids is 1. The van der Waals surface area contributed by atoms with Gasteiger partial charge in [-0.2, -0.15) is 0 Å². The highest BCUT2D eigenvalue weighted by atomic mass is 16.5. The normalized spacial score (nSPS) is 19.0. The summed E-state index contributed by atoms with van der Waals surface area (Å²) in [6.45, 7) is 6.37. The second kappa shape index (κ2) is 14.7. The lowest BCUT2D eigenvalue weighted by Gasteiger charge is -2.10. The molecule has 2 rings (SSSR count). The maximum Gasteiger partial charge on any atom is 0.106 e. The van der Waals surface area contributed by atoms with Crippen LogP contribution in [0.4, 0.5) is 0 Å². The molecule has 28 heavy (non-hydrogen) atoms. The van der Waals surface area contributed by atoms with Crippen molar-refractivity contribution in [2.45, 2.75) is 58.8 Å². The molecule has 1 saturated carbocycles. The molecule has 1 aromatic rings. The van der Waals surface area contributed by atoms with Crippen LogP contribution < -0.4 is 0 Å². The van der Waals surface area contributed by atoms with Gasteiger partial charge in [-0.05, 0) is 81.4 Å². The third kappa shape index (κ3) is 9.03. The van der Waals surface area contributed by atoms with Crippen LogP contribution in [-0.4, -0.2) is 13.9 Å². The molecule has 0 heterocycles. The summed E-state index contributed by atoms with van der Waals surface area (Å²) in [5.41, 5.74) is 5.82. The van der Waals surface area contributed by atoms with Crippen molar-refractivity contribution >= 4 is 6.79 Å². The van der Waals surface area contributed by atoms with Gasteiger partial charge in [0.1, 0.15) is 6.79 Å². The lowest BCUT2D eigenvalue weighted by molar-refractivity contribution is -0.0979. The Morgan fingerprint density at radius 3 is 2.61 bits per heavy atom. The van der Waals surface area contributed by atoms with Crippen molar-refractivity contribution in [1.29, 1.82) is 0 Å². The molecule has 1 unspecified atom stereocenters. The van der Waals surface area contributed by atoms with Crippen LogP contribution in [0.25, 0.3) is 0 Å². The molecular formula is C26H36O2. The first-order chi connectivity index (χ1) is 13.7. The molecule has 152 valence electrons. The van der Waals surface area contributed by atoms with Crippen LogP contribution in [0, 0.1) is 5.92 Å². The quantitative estimate of drug-likeness (QED) is 0.262. The van der Waals surface area contributed by atoms with Crippen molar-refractivity contribution in [3.63, 3.8) is 0 Å². The number of aryl methyl sites for hydroxylation is 1. The van der Waals surface area contributed by atoms with Crippen molar-refractivity contribution in [3.8, 4) is 0 Å². The third-order valence-corrected chi connectivity index (χ3v) is 5.13. The summed E-state index contributed by atoms with van der Waals surface area (Å²) in [4.78, 5) is 8.00. The number of hydrogen-bond donors (Lipinski definition) is 0. The second-order valence-electron chi connectivity index (χ2n) is 7.32. The van der Waals surface area contributed by atoms with Gasteiger partial charge in [-0.1, -0.05) is 60.2 Å². The first-order valence-corrected chi connectivity index (χ1v) is 10.3. The molecule has 2 nitrogen and oxygen atoms in total. The molecule has 1 aliphatic carbocycles. The number of ether oxygens (including phenoxy) is 1. The lowest BCUT2D eigenvalue weighted by Crippen LogP contribution is -1.96. The fourth-order valence-electron chi connectivity index (χ4n) is 3.66. The number of carbonyl (C=O) groups is 1. The highest BCUT2D eigenvalue weighted by Crippen LogP contribution is 2.35. The Balaban J connectivity index is 0.00000190. The summed E-state index contributed by atoms with van der Waals surface area (Å²) in [7, 11) is 1.74. The summed E-state index contributed by atoms with van der Waals surface area (Å²) in [6, 6.07) is 10.8. The van der Waals surface area contributed by atoms with E-state index in [9.17, 15) is 0 Å². The largest absolute Gasteiger partial charge is 0.504 e. The van der Waals surface area contributed by atoms with Gasteiger partial charge in [0.2, 0.25) is 0 Å². The predicted molar refractivity (Wildman–Crippen MR) is 120 cm³/mol. The second-order valence-corrected chi connectivity index (χ2v) is 7.32. The van der Waals surface area contributed by atoms with E-state index in [2.05, 4.69) is 68.5 Å². The zero-order chi connectivity index (χ0) is 20.6. The summed E-state index contributed by atoms with van der Waals surface area (Å²) >= 11 is 0. The molecule has 1 aromatic carbocycles. The van der Waals surface area contributed by atoms with Crippen molar-refractivity contribution in [2.24, 2.45) is 5.92 Å². The molecule has 2 heteroatoms. The Morgan fingerprint density at radius 2 is 1.93 bits per heavy atom. The van der Waals surface area contributed by atoms with E-state index in [1.54, 1.807) is 7.11 Å². The van der Waals surface area contributed by atoms with Crippen LogP contribution in [0.15, 0.2) is 77.6 Å². The standard InChI is InChI=1S/C25H34O.CH2O/c1-4-10-24(25-18-16-23(19-25)20-26-3)17-15-21(2)11-8-9-14-22-12-6-5-7-13-22;1-2/h4-7,10,12-13,15,17,20,25H,8-9,11,14,16,18-19H2,1-3H3;1H2/b10-4-,21-15+,23-20?,24-17+;. The van der Waals surface area contributed by atoms with Crippen molar-refractivity contribution in [3.05, 3.63) is 83.2 Å². The minimum Gasteiger partial charge on any atom is -0.504 e. The van der Waals surface area contributed by atoms with Crippen LogP contribution in [0.1, 0.15) is 57.9 Å². The van der Waals surface area contributed by atoms with Gasteiger partial charge in [-0.3, -0.25) is 0 Å². The van der Waals surface area contributed by atoms with E-state index >= 15 is 0 Å². The van der Waals surface area contributed by atoms with Crippen LogP contribution in [0.2, 0.25) is 0 Å². The third-order valence-electron chi connectivity index (χ3n) is 5.13. The molecule has 0 spiro atoms. The molecule has 0 N–H and O–H groups in total. The number of unbranched alkanes of at least 4 members (excludes halogenated alkanes) is 1. The smallest absolute Gasteiger partial charge is 0.106 e. The number of rotatable bonds is 9. The van der Waals surface area contributed by atoms with E-state index in [4.69, 9.17) is 9.53 Å². The number of hydrogen-bond acceptors (Lipinski definition) is 2. The monoisotopic (exact) mass is 380 g/mol. The SMILES string of the molecule is C=O.C\C=C/C(=C\C=C(/C)CCCCc1ccccc1)C1CCC(=COC)C1. The zero-order valence-corrected chi connectivity index (χ0v) is 17.8. The topological polar surface area (TPSA) is 26.3 Å². The lowest BCUT2D eigenvalue weighted by atomic mass is 9.95. The molecule has 0 bridgehead atoms. The minimum absolute atomic E-state index is 0.634. The molecule has 0 saturated heterocycles. The molecular weight excluding hydrogens is 344 g/mol. The van der Waals surface area contributed by atoms with Gasteiger partial charge in [0.15, 0.2) is 0 Å². The molecule has 0 aromatic heterocycles. The first kappa shape index (κ1) is 23.7. The fraction of sp³-hybridized carbons (Fsp3) is 0.423. The molecule has 1 atom stereocenters. The molecule has 0 radical (unpaired) electrons. The summed E-state index contributed by atoms with van der Waals surface area (Å²) < 4.78 is 5.19. The zero-order valence-electron chi connectivity index (χ0n) is 17.8. The molecule has 0 amide bonds. The van der Waals surface area contributed by atoms with Gasteiger partial charge < -0.3 is 9.53 Å². The summed E-state index contributed by atoms with van der Waals surface area (Å²) in [5, 5.41) is 0. The average Bonchev–Trinajstić information content (AvgIpc) is 3.19. The van der Waals surface area contributed by atoms with Crippen LogP contribution in [-0.2, 0) is 16.0 Å². The van der Waals surface area contributed by atoms with Crippen molar-refractivity contribution in [2.75, 3.05) is 7.11 Å². The van der Waals surface area contributed by atoms with Crippen LogP contribution >= 0.6 is 0 Å². The molecule has 0 aliphatic heterocycles. The van der Waals surface area contributed by atoms with Gasteiger partial charge in [0.05, 0.1) is 13.4 Å². The number of benzene rings is 1. The van der Waals surface area contributed by atoms with Gasteiger partial charge >= 0.3 is 0 Å². The van der Waals surface area contributed by atoms with Gasteiger partial charge in [-0.25, -0.2) is 0 Å². The summed E-state index contributed by atoms with van der Waals surface area (Å²) in [6.07, 6.45) is 19.5. The first-order valence-electron chi connectivity index (χ1n) is 10.3. The Hall–Kier alpha value is -2.35. The maximum atomic E-state index is 8.00. The van der Waals surface area contributed by atoms with E-state index in [0.29, 0.717) is 5.92 Å². The Bertz CT molecular complexity index is 665. The molecule has 1 aliphatic rings. The summed E-state index contributed by atoms with van der Waals surface area (Å²) in [5.74, 6) is 0.634. The average molecular weight is 381 g/mol. The molecule has 1 fully saturated rings. The van der Waals surface area contributed by atoms with Crippen molar-refractivity contribution < 1.29 is 9.53 Å². The van der Waals surface area contributed by atoms with Gasteiger partial charge in [-0.15, -0.1) is 0 Å². The van der Waals surface area contributed by atoms with Crippen LogP contribution in [0.3, 0.4) is 0 Å². The predicted octanol–water partition coefficient (Wildman–Crippen LogP) is 6.99.